The number of furan rings is 1. The highest BCUT2D eigenvalue weighted by molar-refractivity contribution is 6.37. The first-order valence-electron chi connectivity index (χ1n) is 6.74. The molecule has 1 aromatic carbocycles. The molecule has 112 valence electrons. The van der Waals surface area contributed by atoms with Crippen molar-refractivity contribution in [2.24, 2.45) is 5.92 Å². The van der Waals surface area contributed by atoms with Crippen molar-refractivity contribution >= 4 is 40.1 Å². The van der Waals surface area contributed by atoms with Crippen LogP contribution in [0.5, 0.6) is 0 Å². The van der Waals surface area contributed by atoms with Gasteiger partial charge in [-0.3, -0.25) is 4.79 Å². The Balaban J connectivity index is 1.96. The zero-order valence-electron chi connectivity index (χ0n) is 11.9. The maximum atomic E-state index is 12.1. The topological polar surface area (TPSA) is 42.2 Å². The molecular formula is C16H17Cl2NO2. The Kier molecular flexibility index (Phi) is 5.32. The highest BCUT2D eigenvalue weighted by Gasteiger charge is 2.10. The van der Waals surface area contributed by atoms with E-state index in [0.717, 1.165) is 5.39 Å². The Labute approximate surface area is 133 Å². The average Bonchev–Trinajstić information content (AvgIpc) is 2.91. The molecule has 2 atom stereocenters. The van der Waals surface area contributed by atoms with Gasteiger partial charge in [0.1, 0.15) is 5.58 Å². The molecule has 1 amide bonds. The van der Waals surface area contributed by atoms with E-state index < -0.39 is 0 Å². The van der Waals surface area contributed by atoms with E-state index in [9.17, 15) is 4.79 Å². The Morgan fingerprint density at radius 3 is 2.86 bits per heavy atom. The van der Waals surface area contributed by atoms with Crippen LogP contribution in [0.1, 0.15) is 24.2 Å². The van der Waals surface area contributed by atoms with Crippen molar-refractivity contribution in [2.45, 2.75) is 19.2 Å². The molecule has 21 heavy (non-hydrogen) atoms. The van der Waals surface area contributed by atoms with Crippen LogP contribution < -0.4 is 5.32 Å². The van der Waals surface area contributed by atoms with Crippen molar-refractivity contribution in [3.05, 3.63) is 47.2 Å². The number of halogens is 2. The minimum absolute atomic E-state index is 0.106. The third-order valence-corrected chi connectivity index (χ3v) is 3.93. The minimum atomic E-state index is -0.217. The average molecular weight is 326 g/mol. The van der Waals surface area contributed by atoms with E-state index in [1.165, 1.54) is 0 Å². The van der Waals surface area contributed by atoms with Crippen LogP contribution in [0.3, 0.4) is 0 Å². The monoisotopic (exact) mass is 325 g/mol. The van der Waals surface area contributed by atoms with E-state index in [1.807, 2.05) is 32.1 Å². The molecule has 2 rings (SSSR count). The molecule has 0 aliphatic rings. The molecule has 0 spiro atoms. The van der Waals surface area contributed by atoms with Gasteiger partial charge < -0.3 is 9.73 Å². The summed E-state index contributed by atoms with van der Waals surface area (Å²) >= 11 is 11.9. The number of hydrogen-bond acceptors (Lipinski definition) is 2. The van der Waals surface area contributed by atoms with Gasteiger partial charge in [0.15, 0.2) is 0 Å². The van der Waals surface area contributed by atoms with Crippen molar-refractivity contribution in [3.63, 3.8) is 0 Å². The van der Waals surface area contributed by atoms with E-state index in [0.29, 0.717) is 22.7 Å². The molecule has 1 heterocycles. The number of allylic oxidation sites excluding steroid dienone is 1. The molecule has 2 aromatic rings. The highest BCUT2D eigenvalue weighted by Crippen LogP contribution is 2.18. The van der Waals surface area contributed by atoms with Gasteiger partial charge in [0.2, 0.25) is 0 Å². The van der Waals surface area contributed by atoms with Crippen molar-refractivity contribution in [1.82, 2.24) is 5.32 Å². The Bertz CT molecular complexity index is 661. The quantitative estimate of drug-likeness (QED) is 0.819. The Morgan fingerprint density at radius 1 is 1.38 bits per heavy atom. The second kappa shape index (κ2) is 7.01. The number of fused-ring (bicyclic) bond motifs is 1. The number of amides is 1. The summed E-state index contributed by atoms with van der Waals surface area (Å²) < 4.78 is 5.29. The smallest absolute Gasteiger partial charge is 0.251 e. The van der Waals surface area contributed by atoms with Gasteiger partial charge in [-0.1, -0.05) is 30.7 Å². The second-order valence-electron chi connectivity index (χ2n) is 5.03. The summed E-state index contributed by atoms with van der Waals surface area (Å²) in [6.45, 7) is 4.27. The van der Waals surface area contributed by atoms with Crippen LogP contribution in [-0.2, 0) is 0 Å². The summed E-state index contributed by atoms with van der Waals surface area (Å²) in [6.07, 6.45) is 3.46. The minimum Gasteiger partial charge on any atom is -0.464 e. The predicted molar refractivity (Wildman–Crippen MR) is 87.0 cm³/mol. The lowest BCUT2D eigenvalue weighted by Gasteiger charge is -2.10. The Hall–Kier alpha value is -1.45. The van der Waals surface area contributed by atoms with Crippen LogP contribution in [0.25, 0.3) is 11.0 Å². The SMILES string of the molecule is CC(/C=C(/Cl)C(C)Cl)CNC(=O)c1ccc2ccoc2c1. The summed E-state index contributed by atoms with van der Waals surface area (Å²) in [6, 6.07) is 7.24. The van der Waals surface area contributed by atoms with Crippen LogP contribution in [-0.4, -0.2) is 17.8 Å². The molecule has 0 aliphatic carbocycles. The number of benzene rings is 1. The summed E-state index contributed by atoms with van der Waals surface area (Å²) in [5.74, 6) is -0.0291. The number of alkyl halides is 1. The maximum absolute atomic E-state index is 12.1. The normalized spacial score (nSPS) is 15.0. The summed E-state index contributed by atoms with van der Waals surface area (Å²) in [7, 11) is 0. The van der Waals surface area contributed by atoms with Crippen LogP contribution in [0.2, 0.25) is 0 Å². The molecule has 0 saturated heterocycles. The fourth-order valence-electron chi connectivity index (χ4n) is 1.92. The zero-order valence-corrected chi connectivity index (χ0v) is 13.4. The van der Waals surface area contributed by atoms with Gasteiger partial charge >= 0.3 is 0 Å². The molecule has 3 nitrogen and oxygen atoms in total. The molecule has 2 unspecified atom stereocenters. The van der Waals surface area contributed by atoms with Crippen molar-refractivity contribution in [1.29, 1.82) is 0 Å². The molecule has 0 radical (unpaired) electrons. The first-order valence-corrected chi connectivity index (χ1v) is 7.55. The van der Waals surface area contributed by atoms with Crippen LogP contribution in [0.4, 0.5) is 0 Å². The largest absolute Gasteiger partial charge is 0.464 e. The number of carbonyl (C=O) groups is 1. The fourth-order valence-corrected chi connectivity index (χ4v) is 2.20. The Morgan fingerprint density at radius 2 is 2.14 bits per heavy atom. The summed E-state index contributed by atoms with van der Waals surface area (Å²) in [5.41, 5.74) is 1.28. The summed E-state index contributed by atoms with van der Waals surface area (Å²) in [5, 5.41) is 4.23. The zero-order chi connectivity index (χ0) is 15.4. The van der Waals surface area contributed by atoms with E-state index in [4.69, 9.17) is 27.6 Å². The second-order valence-corrected chi connectivity index (χ2v) is 6.12. The van der Waals surface area contributed by atoms with Crippen molar-refractivity contribution in [3.8, 4) is 0 Å². The van der Waals surface area contributed by atoms with E-state index in [1.54, 1.807) is 18.4 Å². The first kappa shape index (κ1) is 15.9. The number of rotatable bonds is 5. The molecular weight excluding hydrogens is 309 g/mol. The fraction of sp³-hybridized carbons (Fsp3) is 0.312. The number of hydrogen-bond donors (Lipinski definition) is 1. The molecule has 5 heteroatoms. The van der Waals surface area contributed by atoms with E-state index in [-0.39, 0.29) is 17.2 Å². The molecule has 1 aromatic heterocycles. The lowest BCUT2D eigenvalue weighted by molar-refractivity contribution is 0.0950. The maximum Gasteiger partial charge on any atom is 0.251 e. The van der Waals surface area contributed by atoms with Gasteiger partial charge in [-0.05, 0) is 31.0 Å². The molecule has 0 aliphatic heterocycles. The van der Waals surface area contributed by atoms with Crippen molar-refractivity contribution in [2.75, 3.05) is 6.54 Å². The lowest BCUT2D eigenvalue weighted by atomic mass is 10.1. The van der Waals surface area contributed by atoms with Gasteiger partial charge in [0.05, 0.1) is 11.6 Å². The highest BCUT2D eigenvalue weighted by atomic mass is 35.5. The molecule has 1 N–H and O–H groups in total. The van der Waals surface area contributed by atoms with Crippen LogP contribution in [0, 0.1) is 5.92 Å². The number of nitrogens with one attached hydrogen (secondary N) is 1. The standard InChI is InChI=1S/C16H17Cl2NO2/c1-10(7-14(18)11(2)17)9-19-16(20)13-4-3-12-5-6-21-15(12)8-13/h3-8,10-11H,9H2,1-2H3,(H,19,20)/b14-7+. The third-order valence-electron chi connectivity index (χ3n) is 3.13. The number of carbonyl (C=O) groups excluding carboxylic acids is 1. The van der Waals surface area contributed by atoms with Gasteiger partial charge in [0.25, 0.3) is 5.91 Å². The third kappa shape index (κ3) is 4.26. The molecule has 0 fully saturated rings. The van der Waals surface area contributed by atoms with Crippen LogP contribution >= 0.6 is 23.2 Å². The molecule has 0 bridgehead atoms. The first-order chi connectivity index (χ1) is 9.97. The van der Waals surface area contributed by atoms with E-state index in [2.05, 4.69) is 5.32 Å². The van der Waals surface area contributed by atoms with Gasteiger partial charge in [-0.25, -0.2) is 0 Å². The molecule has 0 saturated carbocycles. The van der Waals surface area contributed by atoms with Crippen LogP contribution in [0.15, 0.2) is 46.1 Å². The summed E-state index contributed by atoms with van der Waals surface area (Å²) in [4.78, 5) is 12.1. The van der Waals surface area contributed by atoms with E-state index >= 15 is 0 Å². The van der Waals surface area contributed by atoms with Gasteiger partial charge in [-0.15, -0.1) is 11.6 Å². The predicted octanol–water partition coefficient (Wildman–Crippen LogP) is 4.55. The van der Waals surface area contributed by atoms with Gasteiger partial charge in [0, 0.05) is 22.5 Å². The van der Waals surface area contributed by atoms with Gasteiger partial charge in [-0.2, -0.15) is 0 Å². The lowest BCUT2D eigenvalue weighted by Crippen LogP contribution is -2.27. The van der Waals surface area contributed by atoms with Crippen molar-refractivity contribution < 1.29 is 9.21 Å².